The Morgan fingerprint density at radius 2 is 1.93 bits per heavy atom. The van der Waals surface area contributed by atoms with Crippen molar-refractivity contribution in [1.29, 1.82) is 0 Å². The lowest BCUT2D eigenvalue weighted by atomic mass is 10.1. The van der Waals surface area contributed by atoms with Crippen LogP contribution in [0.5, 0.6) is 0 Å². The number of carbonyl (C=O) groups excluding carboxylic acids is 1. The molecular weight excluding hydrogens is 412 g/mol. The van der Waals surface area contributed by atoms with Crippen LogP contribution in [-0.4, -0.2) is 35.7 Å². The van der Waals surface area contributed by atoms with E-state index in [0.29, 0.717) is 5.56 Å². The van der Waals surface area contributed by atoms with Crippen molar-refractivity contribution >= 4 is 33.5 Å². The van der Waals surface area contributed by atoms with Gasteiger partial charge in [0.15, 0.2) is 9.84 Å². The van der Waals surface area contributed by atoms with Gasteiger partial charge in [-0.15, -0.1) is 5.10 Å². The Morgan fingerprint density at radius 1 is 1.20 bits per heavy atom. The van der Waals surface area contributed by atoms with Gasteiger partial charge in [-0.25, -0.2) is 8.42 Å². The molecule has 3 rings (SSSR count). The van der Waals surface area contributed by atoms with Gasteiger partial charge in [0.2, 0.25) is 5.89 Å². The number of aromatic nitrogens is 2. The molecule has 1 aromatic heterocycles. The van der Waals surface area contributed by atoms with Crippen molar-refractivity contribution in [3.63, 3.8) is 0 Å². The molecule has 0 aliphatic carbocycles. The van der Waals surface area contributed by atoms with Crippen LogP contribution >= 0.6 is 0 Å². The van der Waals surface area contributed by atoms with Crippen molar-refractivity contribution < 1.29 is 22.6 Å². The SMILES string of the molecule is CS(=O)(=O)c1ccc(Cc2nnc(NC(=O)C=Cc3cccc([N+](=O)[O-])c3)o2)cc1. The quantitative estimate of drug-likeness (QED) is 0.343. The summed E-state index contributed by atoms with van der Waals surface area (Å²) in [5, 5.41) is 20.7. The third-order valence-electron chi connectivity index (χ3n) is 3.91. The number of carbonyl (C=O) groups is 1. The topological polar surface area (TPSA) is 145 Å². The summed E-state index contributed by atoms with van der Waals surface area (Å²) in [6.07, 6.45) is 3.99. The average molecular weight is 428 g/mol. The number of hydrogen-bond acceptors (Lipinski definition) is 8. The van der Waals surface area contributed by atoms with Crippen LogP contribution in [-0.2, 0) is 21.1 Å². The van der Waals surface area contributed by atoms with Gasteiger partial charge in [-0.3, -0.25) is 20.2 Å². The maximum Gasteiger partial charge on any atom is 0.322 e. The van der Waals surface area contributed by atoms with E-state index in [9.17, 15) is 23.3 Å². The van der Waals surface area contributed by atoms with Gasteiger partial charge in [0.1, 0.15) is 0 Å². The molecule has 30 heavy (non-hydrogen) atoms. The van der Waals surface area contributed by atoms with Gasteiger partial charge in [0.05, 0.1) is 16.2 Å². The monoisotopic (exact) mass is 428 g/mol. The first kappa shape index (κ1) is 20.9. The number of nitrogens with one attached hydrogen (secondary N) is 1. The normalized spacial score (nSPS) is 11.5. The molecule has 3 aromatic rings. The largest absolute Gasteiger partial charge is 0.407 e. The second kappa shape index (κ2) is 8.66. The number of hydrogen-bond donors (Lipinski definition) is 1. The van der Waals surface area contributed by atoms with Crippen molar-refractivity contribution in [1.82, 2.24) is 10.2 Å². The van der Waals surface area contributed by atoms with E-state index in [1.165, 1.54) is 42.5 Å². The third-order valence-corrected chi connectivity index (χ3v) is 5.04. The number of rotatable bonds is 7. The van der Waals surface area contributed by atoms with E-state index in [4.69, 9.17) is 4.42 Å². The van der Waals surface area contributed by atoms with Gasteiger partial charge >= 0.3 is 6.01 Å². The van der Waals surface area contributed by atoms with Crippen molar-refractivity contribution in [2.45, 2.75) is 11.3 Å². The molecular formula is C19H16N4O6S. The summed E-state index contributed by atoms with van der Waals surface area (Å²) in [4.78, 5) is 22.4. The standard InChI is InChI=1S/C19H16N4O6S/c1-30(27,28)16-8-5-14(6-9-16)12-18-21-22-19(29-18)20-17(24)10-7-13-3-2-4-15(11-13)23(25)26/h2-11H,12H2,1H3,(H,20,22,24). The second-order valence-electron chi connectivity index (χ2n) is 6.27. The van der Waals surface area contributed by atoms with Crippen LogP contribution < -0.4 is 5.32 Å². The van der Waals surface area contributed by atoms with Crippen LogP contribution in [0.25, 0.3) is 6.08 Å². The molecule has 11 heteroatoms. The molecule has 0 aliphatic rings. The summed E-state index contributed by atoms with van der Waals surface area (Å²) in [5.41, 5.74) is 1.17. The number of anilines is 1. The highest BCUT2D eigenvalue weighted by atomic mass is 32.2. The third kappa shape index (κ3) is 5.58. The number of nitro benzene ring substituents is 1. The highest BCUT2D eigenvalue weighted by molar-refractivity contribution is 7.90. The Balaban J connectivity index is 1.60. The Morgan fingerprint density at radius 3 is 2.60 bits per heavy atom. The number of nitrogens with zero attached hydrogens (tertiary/aromatic N) is 3. The summed E-state index contributed by atoms with van der Waals surface area (Å²) < 4.78 is 28.3. The number of non-ortho nitro benzene ring substituents is 1. The van der Waals surface area contributed by atoms with E-state index in [1.807, 2.05) is 0 Å². The van der Waals surface area contributed by atoms with Crippen molar-refractivity contribution in [2.75, 3.05) is 11.6 Å². The fourth-order valence-electron chi connectivity index (χ4n) is 2.47. The molecule has 154 valence electrons. The first-order valence-electron chi connectivity index (χ1n) is 8.55. The number of benzene rings is 2. The molecule has 0 aliphatic heterocycles. The van der Waals surface area contributed by atoms with E-state index < -0.39 is 20.7 Å². The lowest BCUT2D eigenvalue weighted by Gasteiger charge is -2.00. The summed E-state index contributed by atoms with van der Waals surface area (Å²) in [6.45, 7) is 0. The average Bonchev–Trinajstić information content (AvgIpc) is 3.13. The zero-order chi connectivity index (χ0) is 21.7. The fraction of sp³-hybridized carbons (Fsp3) is 0.105. The van der Waals surface area contributed by atoms with Crippen molar-refractivity contribution in [3.05, 3.63) is 81.7 Å². The van der Waals surface area contributed by atoms with Crippen LogP contribution in [0, 0.1) is 10.1 Å². The highest BCUT2D eigenvalue weighted by Crippen LogP contribution is 2.16. The summed E-state index contributed by atoms with van der Waals surface area (Å²) in [6, 6.07) is 12.0. The van der Waals surface area contributed by atoms with Crippen LogP contribution in [0.3, 0.4) is 0 Å². The predicted molar refractivity (Wildman–Crippen MR) is 107 cm³/mol. The van der Waals surface area contributed by atoms with E-state index in [1.54, 1.807) is 18.2 Å². The Bertz CT molecular complexity index is 1220. The molecule has 0 saturated carbocycles. The first-order valence-corrected chi connectivity index (χ1v) is 10.4. The van der Waals surface area contributed by atoms with Gasteiger partial charge in [0.25, 0.3) is 11.6 Å². The van der Waals surface area contributed by atoms with E-state index in [0.717, 1.165) is 11.8 Å². The van der Waals surface area contributed by atoms with Crippen molar-refractivity contribution in [2.24, 2.45) is 0 Å². The van der Waals surface area contributed by atoms with E-state index in [-0.39, 0.29) is 28.9 Å². The minimum absolute atomic E-state index is 0.0799. The Labute approximate surface area is 171 Å². The van der Waals surface area contributed by atoms with Gasteiger partial charge in [-0.05, 0) is 29.3 Å². The molecule has 2 aromatic carbocycles. The molecule has 0 bridgehead atoms. The number of amides is 1. The summed E-state index contributed by atoms with van der Waals surface area (Å²) in [7, 11) is -3.27. The van der Waals surface area contributed by atoms with Gasteiger partial charge < -0.3 is 4.42 Å². The zero-order valence-corrected chi connectivity index (χ0v) is 16.5. The summed E-state index contributed by atoms with van der Waals surface area (Å²) in [5.74, 6) is -0.311. The molecule has 1 N–H and O–H groups in total. The lowest BCUT2D eigenvalue weighted by molar-refractivity contribution is -0.384. The highest BCUT2D eigenvalue weighted by Gasteiger charge is 2.11. The van der Waals surface area contributed by atoms with Crippen LogP contribution in [0.15, 0.2) is 63.9 Å². The number of sulfone groups is 1. The minimum atomic E-state index is -3.27. The molecule has 0 spiro atoms. The maximum absolute atomic E-state index is 12.0. The summed E-state index contributed by atoms with van der Waals surface area (Å²) >= 11 is 0. The van der Waals surface area contributed by atoms with Gasteiger partial charge in [0, 0.05) is 24.5 Å². The molecule has 0 atom stereocenters. The number of nitro groups is 1. The Hall–Kier alpha value is -3.86. The predicted octanol–water partition coefficient (Wildman–Crippen LogP) is 2.62. The van der Waals surface area contributed by atoms with Crippen LogP contribution in [0.1, 0.15) is 17.0 Å². The molecule has 10 nitrogen and oxygen atoms in total. The molecule has 0 saturated heterocycles. The minimum Gasteiger partial charge on any atom is -0.407 e. The fourth-order valence-corrected chi connectivity index (χ4v) is 3.10. The van der Waals surface area contributed by atoms with Crippen LogP contribution in [0.4, 0.5) is 11.7 Å². The lowest BCUT2D eigenvalue weighted by Crippen LogP contribution is -2.07. The zero-order valence-electron chi connectivity index (χ0n) is 15.7. The van der Waals surface area contributed by atoms with E-state index >= 15 is 0 Å². The van der Waals surface area contributed by atoms with E-state index in [2.05, 4.69) is 15.5 Å². The van der Waals surface area contributed by atoms with Gasteiger partial charge in [-0.2, -0.15) is 0 Å². The molecule has 0 fully saturated rings. The first-order chi connectivity index (χ1) is 14.2. The van der Waals surface area contributed by atoms with Crippen LogP contribution in [0.2, 0.25) is 0 Å². The molecule has 0 radical (unpaired) electrons. The molecule has 0 unspecified atom stereocenters. The smallest absolute Gasteiger partial charge is 0.322 e. The maximum atomic E-state index is 12.0. The molecule has 1 heterocycles. The second-order valence-corrected chi connectivity index (χ2v) is 8.28. The Kier molecular flexibility index (Phi) is 6.02. The van der Waals surface area contributed by atoms with Crippen molar-refractivity contribution in [3.8, 4) is 0 Å². The van der Waals surface area contributed by atoms with Gasteiger partial charge in [-0.1, -0.05) is 29.4 Å². The molecule has 1 amide bonds.